The van der Waals surface area contributed by atoms with Crippen LogP contribution in [-0.2, 0) is 0 Å². The summed E-state index contributed by atoms with van der Waals surface area (Å²) in [4.78, 5) is 2.20. The van der Waals surface area contributed by atoms with E-state index in [1.54, 1.807) is 0 Å². The fourth-order valence-electron chi connectivity index (χ4n) is 1.86. The van der Waals surface area contributed by atoms with Gasteiger partial charge < -0.3 is 5.32 Å². The monoisotopic (exact) mass is 244 g/mol. The predicted octanol–water partition coefficient (Wildman–Crippen LogP) is 2.68. The summed E-state index contributed by atoms with van der Waals surface area (Å²) in [5.41, 5.74) is 1.41. The molecule has 2 heteroatoms. The summed E-state index contributed by atoms with van der Waals surface area (Å²) < 4.78 is 0. The fraction of sp³-hybridized carbons (Fsp3) is 0.500. The van der Waals surface area contributed by atoms with Gasteiger partial charge in [-0.15, -0.1) is 6.42 Å². The van der Waals surface area contributed by atoms with E-state index >= 15 is 0 Å². The van der Waals surface area contributed by atoms with Gasteiger partial charge in [-0.3, -0.25) is 4.90 Å². The molecule has 0 aliphatic heterocycles. The van der Waals surface area contributed by atoms with E-state index in [1.807, 2.05) is 6.07 Å². The van der Waals surface area contributed by atoms with Crippen LogP contribution in [0.25, 0.3) is 0 Å². The van der Waals surface area contributed by atoms with Gasteiger partial charge in [0.25, 0.3) is 0 Å². The van der Waals surface area contributed by atoms with Crippen LogP contribution in [0.5, 0.6) is 0 Å². The van der Waals surface area contributed by atoms with Gasteiger partial charge >= 0.3 is 0 Å². The maximum Gasteiger partial charge on any atom is 0.0601 e. The lowest BCUT2D eigenvalue weighted by molar-refractivity contribution is 0.247. The molecule has 0 aliphatic rings. The summed E-state index contributed by atoms with van der Waals surface area (Å²) in [5.74, 6) is 2.71. The molecule has 98 valence electrons. The Morgan fingerprint density at radius 2 is 1.89 bits per heavy atom. The highest BCUT2D eigenvalue weighted by molar-refractivity contribution is 5.20. The minimum Gasteiger partial charge on any atom is -0.310 e. The molecule has 1 unspecified atom stereocenters. The summed E-state index contributed by atoms with van der Waals surface area (Å²) in [6.45, 7) is 8.08. The summed E-state index contributed by atoms with van der Waals surface area (Å²) in [6, 6.07) is 10.8. The number of nitrogens with one attached hydrogen (secondary N) is 1. The number of nitrogens with zero attached hydrogens (tertiary/aromatic N) is 1. The molecule has 1 atom stereocenters. The van der Waals surface area contributed by atoms with Crippen molar-refractivity contribution in [3.63, 3.8) is 0 Å². The molecule has 1 N–H and O–H groups in total. The van der Waals surface area contributed by atoms with Crippen LogP contribution >= 0.6 is 0 Å². The van der Waals surface area contributed by atoms with E-state index < -0.39 is 0 Å². The number of terminal acetylenes is 1. The van der Waals surface area contributed by atoms with Crippen molar-refractivity contribution in [2.24, 2.45) is 0 Å². The van der Waals surface area contributed by atoms with E-state index in [4.69, 9.17) is 6.42 Å². The zero-order valence-electron chi connectivity index (χ0n) is 11.9. The quantitative estimate of drug-likeness (QED) is 0.801. The molecule has 2 nitrogen and oxygen atoms in total. The first-order valence-corrected chi connectivity index (χ1v) is 6.38. The average molecular weight is 244 g/mol. The van der Waals surface area contributed by atoms with E-state index in [-0.39, 0.29) is 5.54 Å². The van der Waals surface area contributed by atoms with Gasteiger partial charge in [0.2, 0.25) is 0 Å². The number of likely N-dealkylation sites (N-methyl/N-ethyl adjacent to an activating group) is 1. The minimum absolute atomic E-state index is 0.115. The molecule has 0 saturated carbocycles. The van der Waals surface area contributed by atoms with Gasteiger partial charge in [-0.2, -0.15) is 0 Å². The molecular formula is C16H24N2. The number of rotatable bonds is 5. The molecule has 0 aliphatic carbocycles. The van der Waals surface area contributed by atoms with Crippen molar-refractivity contribution < 1.29 is 0 Å². The molecule has 0 bridgehead atoms. The SMILES string of the molecule is C#CCN(C)C(CNC(C)(C)C)c1ccccc1. The summed E-state index contributed by atoms with van der Waals surface area (Å²) in [5, 5.41) is 3.55. The summed E-state index contributed by atoms with van der Waals surface area (Å²) in [7, 11) is 2.07. The molecule has 1 rings (SSSR count). The largest absolute Gasteiger partial charge is 0.310 e. The Hall–Kier alpha value is -1.30. The molecular weight excluding hydrogens is 220 g/mol. The number of hydrogen-bond acceptors (Lipinski definition) is 2. The third-order valence-corrected chi connectivity index (χ3v) is 2.88. The minimum atomic E-state index is 0.115. The Balaban J connectivity index is 2.80. The molecule has 0 saturated heterocycles. The molecule has 0 aromatic heterocycles. The molecule has 0 amide bonds. The lowest BCUT2D eigenvalue weighted by Crippen LogP contribution is -2.42. The van der Waals surface area contributed by atoms with Crippen LogP contribution in [0.15, 0.2) is 30.3 Å². The topological polar surface area (TPSA) is 15.3 Å². The average Bonchev–Trinajstić information content (AvgIpc) is 2.29. The maximum atomic E-state index is 5.42. The van der Waals surface area contributed by atoms with Crippen molar-refractivity contribution in [2.75, 3.05) is 20.1 Å². The predicted molar refractivity (Wildman–Crippen MR) is 78.4 cm³/mol. The normalized spacial score (nSPS) is 13.3. The first kappa shape index (κ1) is 14.8. The van der Waals surface area contributed by atoms with E-state index in [2.05, 4.69) is 68.2 Å². The van der Waals surface area contributed by atoms with Crippen molar-refractivity contribution in [2.45, 2.75) is 32.4 Å². The van der Waals surface area contributed by atoms with E-state index in [0.29, 0.717) is 12.6 Å². The Morgan fingerprint density at radius 1 is 1.28 bits per heavy atom. The molecule has 0 heterocycles. The second-order valence-corrected chi connectivity index (χ2v) is 5.68. The van der Waals surface area contributed by atoms with Crippen LogP contribution in [0.4, 0.5) is 0 Å². The standard InChI is InChI=1S/C16H24N2/c1-6-12-18(5)15(13-17-16(2,3)4)14-10-8-7-9-11-14/h1,7-11,15,17H,12-13H2,2-5H3. The molecule has 0 fully saturated rings. The van der Waals surface area contributed by atoms with Gasteiger partial charge in [-0.05, 0) is 33.4 Å². The second kappa shape index (κ2) is 6.58. The highest BCUT2D eigenvalue weighted by Gasteiger charge is 2.18. The van der Waals surface area contributed by atoms with Crippen LogP contribution in [0, 0.1) is 12.3 Å². The molecule has 18 heavy (non-hydrogen) atoms. The van der Waals surface area contributed by atoms with Crippen LogP contribution in [0.1, 0.15) is 32.4 Å². The van der Waals surface area contributed by atoms with Gasteiger partial charge in [0, 0.05) is 18.1 Å². The highest BCUT2D eigenvalue weighted by atomic mass is 15.2. The van der Waals surface area contributed by atoms with Gasteiger partial charge in [0.1, 0.15) is 0 Å². The van der Waals surface area contributed by atoms with Gasteiger partial charge in [-0.25, -0.2) is 0 Å². The Bertz CT molecular complexity index is 384. The zero-order valence-corrected chi connectivity index (χ0v) is 11.9. The Labute approximate surface area is 111 Å². The summed E-state index contributed by atoms with van der Waals surface area (Å²) >= 11 is 0. The van der Waals surface area contributed by atoms with Crippen LogP contribution in [-0.4, -0.2) is 30.6 Å². The van der Waals surface area contributed by atoms with E-state index in [9.17, 15) is 0 Å². The van der Waals surface area contributed by atoms with Gasteiger partial charge in [0.05, 0.1) is 6.54 Å². The van der Waals surface area contributed by atoms with Crippen molar-refractivity contribution in [1.29, 1.82) is 0 Å². The number of hydrogen-bond donors (Lipinski definition) is 1. The van der Waals surface area contributed by atoms with Crippen molar-refractivity contribution in [3.8, 4) is 12.3 Å². The molecule has 1 aromatic carbocycles. The van der Waals surface area contributed by atoms with E-state index in [0.717, 1.165) is 6.54 Å². The highest BCUT2D eigenvalue weighted by Crippen LogP contribution is 2.18. The van der Waals surface area contributed by atoms with Gasteiger partial charge in [0.15, 0.2) is 0 Å². The lowest BCUT2D eigenvalue weighted by Gasteiger charge is -2.31. The first-order chi connectivity index (χ1) is 8.44. The van der Waals surface area contributed by atoms with E-state index in [1.165, 1.54) is 5.56 Å². The summed E-state index contributed by atoms with van der Waals surface area (Å²) in [6.07, 6.45) is 5.42. The smallest absolute Gasteiger partial charge is 0.0601 e. The van der Waals surface area contributed by atoms with Crippen molar-refractivity contribution in [3.05, 3.63) is 35.9 Å². The van der Waals surface area contributed by atoms with Crippen molar-refractivity contribution >= 4 is 0 Å². The third-order valence-electron chi connectivity index (χ3n) is 2.88. The number of benzene rings is 1. The van der Waals surface area contributed by atoms with Gasteiger partial charge in [-0.1, -0.05) is 36.3 Å². The Kier molecular flexibility index (Phi) is 5.40. The van der Waals surface area contributed by atoms with Crippen molar-refractivity contribution in [1.82, 2.24) is 10.2 Å². The molecule has 0 spiro atoms. The van der Waals surface area contributed by atoms with Crippen LogP contribution in [0.3, 0.4) is 0 Å². The fourth-order valence-corrected chi connectivity index (χ4v) is 1.86. The Morgan fingerprint density at radius 3 is 2.39 bits per heavy atom. The van der Waals surface area contributed by atoms with Crippen LogP contribution < -0.4 is 5.32 Å². The van der Waals surface area contributed by atoms with Crippen LogP contribution in [0.2, 0.25) is 0 Å². The molecule has 1 aromatic rings. The zero-order chi connectivity index (χ0) is 13.6. The second-order valence-electron chi connectivity index (χ2n) is 5.68. The lowest BCUT2D eigenvalue weighted by atomic mass is 10.0. The molecule has 0 radical (unpaired) electrons. The third kappa shape index (κ3) is 4.91. The maximum absolute atomic E-state index is 5.42. The first-order valence-electron chi connectivity index (χ1n) is 6.38.